The molecule has 2 aromatic rings. The van der Waals surface area contributed by atoms with Crippen LogP contribution in [0.5, 0.6) is 0 Å². The highest BCUT2D eigenvalue weighted by atomic mass is 16.6. The molecular formula is C12H12N6O4. The minimum Gasteiger partial charge on any atom is -0.856 e. The molecule has 0 aliphatic carbocycles. The van der Waals surface area contributed by atoms with Gasteiger partial charge in [0.05, 0.1) is 11.1 Å². The molecule has 1 heterocycles. The fourth-order valence-corrected chi connectivity index (χ4v) is 1.71. The zero-order valence-corrected chi connectivity index (χ0v) is 11.8. The van der Waals surface area contributed by atoms with Crippen LogP contribution in [-0.2, 0) is 7.05 Å². The van der Waals surface area contributed by atoms with Crippen LogP contribution in [0.2, 0.25) is 0 Å². The van der Waals surface area contributed by atoms with Crippen LogP contribution in [0.1, 0.15) is 11.3 Å². The van der Waals surface area contributed by atoms with E-state index < -0.39 is 16.4 Å². The fourth-order valence-electron chi connectivity index (χ4n) is 1.71. The first-order valence-corrected chi connectivity index (χ1v) is 6.08. The standard InChI is InChI=1S/C12H12N6O4/c1-13-11(19)10-12(20)17(15-16(10)2)14-7-8-3-5-9(6-4-8)18(21)22/h3-7H,1-2H3,(H-,13,15,19,20)/b14-7+. The molecule has 1 aromatic heterocycles. The van der Waals surface area contributed by atoms with Gasteiger partial charge < -0.3 is 5.11 Å². The molecule has 0 saturated carbocycles. The summed E-state index contributed by atoms with van der Waals surface area (Å²) in [4.78, 5) is 26.3. The van der Waals surface area contributed by atoms with Crippen molar-refractivity contribution in [2.75, 3.05) is 7.05 Å². The topological polar surface area (TPSA) is 133 Å². The summed E-state index contributed by atoms with van der Waals surface area (Å²) < 4.78 is 1.21. The second-order valence-corrected chi connectivity index (χ2v) is 4.25. The minimum absolute atomic E-state index is 0.0435. The van der Waals surface area contributed by atoms with E-state index in [-0.39, 0.29) is 11.4 Å². The van der Waals surface area contributed by atoms with E-state index in [9.17, 15) is 20.0 Å². The number of H-pyrrole nitrogens is 1. The molecule has 0 radical (unpaired) electrons. The summed E-state index contributed by atoms with van der Waals surface area (Å²) in [6.07, 6.45) is 1.33. The molecule has 10 heteroatoms. The Bertz CT molecular complexity index is 815. The third-order valence-electron chi connectivity index (χ3n) is 2.81. The van der Waals surface area contributed by atoms with Crippen molar-refractivity contribution < 1.29 is 14.7 Å². The molecule has 0 amide bonds. The Hall–Kier alpha value is -3.30. The number of nitro groups is 1. The lowest BCUT2D eigenvalue weighted by molar-refractivity contribution is -0.735. The van der Waals surface area contributed by atoms with Crippen LogP contribution in [0.25, 0.3) is 0 Å². The number of nitrogens with zero attached hydrogens (tertiary/aromatic N) is 5. The fraction of sp³-hybridized carbons (Fsp3) is 0.167. The molecule has 0 fully saturated rings. The van der Waals surface area contributed by atoms with Crippen LogP contribution in [0.3, 0.4) is 0 Å². The molecule has 0 aliphatic rings. The van der Waals surface area contributed by atoms with Crippen LogP contribution in [0.15, 0.2) is 39.2 Å². The normalized spacial score (nSPS) is 12.0. The van der Waals surface area contributed by atoms with Gasteiger partial charge in [-0.25, -0.2) is 4.79 Å². The Morgan fingerprint density at radius 1 is 1.41 bits per heavy atom. The third kappa shape index (κ3) is 2.90. The third-order valence-corrected chi connectivity index (χ3v) is 2.81. The molecule has 22 heavy (non-hydrogen) atoms. The van der Waals surface area contributed by atoms with E-state index in [2.05, 4.69) is 15.3 Å². The van der Waals surface area contributed by atoms with Crippen molar-refractivity contribution in [3.8, 4) is 0 Å². The quantitative estimate of drug-likeness (QED) is 0.243. The van der Waals surface area contributed by atoms with Gasteiger partial charge in [0.15, 0.2) is 0 Å². The van der Waals surface area contributed by atoms with Gasteiger partial charge in [0.1, 0.15) is 7.05 Å². The molecule has 0 bridgehead atoms. The number of non-ortho nitro benzene ring substituents is 1. The first kappa shape index (κ1) is 15.1. The molecule has 1 N–H and O–H groups in total. The number of hydrogen-bond donors (Lipinski definition) is 1. The second kappa shape index (κ2) is 5.99. The van der Waals surface area contributed by atoms with Crippen LogP contribution in [0, 0.1) is 10.1 Å². The van der Waals surface area contributed by atoms with Crippen LogP contribution >= 0.6 is 0 Å². The molecule has 0 spiro atoms. The maximum Gasteiger partial charge on any atom is 0.427 e. The maximum atomic E-state index is 12.0. The number of aliphatic imine (C=N–C) groups is 1. The number of rotatable bonds is 4. The SMILES string of the molecule is CN=C([O-])c1c(=O)n(/N=C/c2ccc([N+](=O)[O-])cc2)[nH][n+]1C. The Balaban J connectivity index is 2.31. The molecule has 0 aliphatic heterocycles. The molecule has 2 rings (SSSR count). The summed E-state index contributed by atoms with van der Waals surface area (Å²) >= 11 is 0. The first-order valence-electron chi connectivity index (χ1n) is 6.08. The number of benzene rings is 1. The Kier molecular flexibility index (Phi) is 4.11. The second-order valence-electron chi connectivity index (χ2n) is 4.25. The molecule has 114 valence electrons. The lowest BCUT2D eigenvalue weighted by Gasteiger charge is -2.01. The van der Waals surface area contributed by atoms with Gasteiger partial charge in [-0.1, -0.05) is 10.3 Å². The van der Waals surface area contributed by atoms with E-state index in [0.29, 0.717) is 5.56 Å². The van der Waals surface area contributed by atoms with Gasteiger partial charge in [0.2, 0.25) is 5.69 Å². The van der Waals surface area contributed by atoms with Gasteiger partial charge in [-0.15, -0.1) is 0 Å². The van der Waals surface area contributed by atoms with Crippen molar-refractivity contribution in [2.24, 2.45) is 17.1 Å². The molecule has 1 aromatic carbocycles. The highest BCUT2D eigenvalue weighted by Gasteiger charge is 2.18. The van der Waals surface area contributed by atoms with E-state index in [1.54, 1.807) is 0 Å². The van der Waals surface area contributed by atoms with Crippen molar-refractivity contribution in [3.63, 3.8) is 0 Å². The molecule has 0 atom stereocenters. The predicted molar refractivity (Wildman–Crippen MR) is 74.8 cm³/mol. The number of hydrogen-bond acceptors (Lipinski definition) is 6. The summed E-state index contributed by atoms with van der Waals surface area (Å²) in [6, 6.07) is 5.62. The maximum absolute atomic E-state index is 12.0. The number of nitro benzene ring substituents is 1. The Labute approximate surface area is 123 Å². The van der Waals surface area contributed by atoms with Crippen LogP contribution in [0.4, 0.5) is 5.69 Å². The van der Waals surface area contributed by atoms with E-state index >= 15 is 0 Å². The number of aryl methyl sites for hydroxylation is 1. The lowest BCUT2D eigenvalue weighted by atomic mass is 10.2. The largest absolute Gasteiger partial charge is 0.856 e. The van der Waals surface area contributed by atoms with Crippen molar-refractivity contribution >= 4 is 17.8 Å². The van der Waals surface area contributed by atoms with Crippen molar-refractivity contribution in [3.05, 3.63) is 56.0 Å². The van der Waals surface area contributed by atoms with Gasteiger partial charge in [-0.3, -0.25) is 15.1 Å². The highest BCUT2D eigenvalue weighted by molar-refractivity contribution is 5.86. The average Bonchev–Trinajstić information content (AvgIpc) is 2.79. The number of aromatic nitrogens is 3. The van der Waals surface area contributed by atoms with Crippen LogP contribution in [-0.4, -0.2) is 34.1 Å². The minimum atomic E-state index is -0.659. The van der Waals surface area contributed by atoms with E-state index in [1.165, 1.54) is 49.3 Å². The molecule has 0 saturated heterocycles. The zero-order chi connectivity index (χ0) is 16.3. The number of aromatic amines is 1. The van der Waals surface area contributed by atoms with Gasteiger partial charge in [-0.2, -0.15) is 4.68 Å². The van der Waals surface area contributed by atoms with Gasteiger partial charge in [0, 0.05) is 29.9 Å². The predicted octanol–water partition coefficient (Wildman–Crippen LogP) is -1.47. The van der Waals surface area contributed by atoms with Crippen molar-refractivity contribution in [1.82, 2.24) is 10.0 Å². The monoisotopic (exact) mass is 304 g/mol. The van der Waals surface area contributed by atoms with Crippen molar-refractivity contribution in [1.29, 1.82) is 0 Å². The van der Waals surface area contributed by atoms with E-state index in [0.717, 1.165) is 4.79 Å². The molecule has 0 unspecified atom stereocenters. The number of nitrogens with one attached hydrogen (secondary N) is 1. The first-order chi connectivity index (χ1) is 10.4. The van der Waals surface area contributed by atoms with E-state index in [1.807, 2.05) is 0 Å². The molecule has 10 nitrogen and oxygen atoms in total. The lowest BCUT2D eigenvalue weighted by Crippen LogP contribution is -2.43. The Morgan fingerprint density at radius 3 is 2.59 bits per heavy atom. The average molecular weight is 304 g/mol. The summed E-state index contributed by atoms with van der Waals surface area (Å²) in [7, 11) is 2.77. The van der Waals surface area contributed by atoms with Gasteiger partial charge in [-0.05, 0) is 17.7 Å². The summed E-state index contributed by atoms with van der Waals surface area (Å²) in [5.74, 6) is -0.659. The molecular weight excluding hydrogens is 292 g/mol. The van der Waals surface area contributed by atoms with Gasteiger partial charge >= 0.3 is 5.56 Å². The Morgan fingerprint density at radius 2 is 2.05 bits per heavy atom. The summed E-state index contributed by atoms with van der Waals surface area (Å²) in [6.45, 7) is 0. The smallest absolute Gasteiger partial charge is 0.427 e. The summed E-state index contributed by atoms with van der Waals surface area (Å²) in [5.41, 5.74) is -0.277. The van der Waals surface area contributed by atoms with Crippen molar-refractivity contribution in [2.45, 2.75) is 0 Å². The van der Waals surface area contributed by atoms with Crippen LogP contribution < -0.4 is 15.3 Å². The van der Waals surface area contributed by atoms with E-state index in [4.69, 9.17) is 0 Å². The van der Waals surface area contributed by atoms with Gasteiger partial charge in [0.25, 0.3) is 5.69 Å². The summed E-state index contributed by atoms with van der Waals surface area (Å²) in [5, 5.41) is 28.5. The highest BCUT2D eigenvalue weighted by Crippen LogP contribution is 2.10. The zero-order valence-electron chi connectivity index (χ0n) is 11.8.